The van der Waals surface area contributed by atoms with Gasteiger partial charge in [0, 0.05) is 19.6 Å². The number of rotatable bonds is 11. The van der Waals surface area contributed by atoms with E-state index in [0.717, 1.165) is 26.1 Å². The Morgan fingerprint density at radius 3 is 2.34 bits per heavy atom. The fraction of sp³-hybridized carbons (Fsp3) is 0.732. The summed E-state index contributed by atoms with van der Waals surface area (Å²) in [6.45, 7) is 22.9. The minimum absolute atomic E-state index is 0.0208. The number of carboxylic acid groups (broad SMARTS) is 1. The summed E-state index contributed by atoms with van der Waals surface area (Å²) in [4.78, 5) is 17.8. The number of aliphatic hydroxyl groups is 1. The molecule has 0 bridgehead atoms. The molecule has 0 spiro atoms. The van der Waals surface area contributed by atoms with Crippen molar-refractivity contribution in [1.29, 1.82) is 0 Å². The molecule has 4 unspecified atom stereocenters. The number of hydroxylamine groups is 1. The Morgan fingerprint density at radius 2 is 1.66 bits per heavy atom. The highest BCUT2D eigenvalue weighted by Crippen LogP contribution is 2.77. The second-order valence-electron chi connectivity index (χ2n) is 17.6. The molecule has 1 aromatic carbocycles. The smallest absolute Gasteiger partial charge is 0.335 e. The van der Waals surface area contributed by atoms with Crippen molar-refractivity contribution >= 4 is 11.5 Å². The van der Waals surface area contributed by atoms with Crippen molar-refractivity contribution in [3.8, 4) is 0 Å². The van der Waals surface area contributed by atoms with Crippen LogP contribution in [0.5, 0.6) is 0 Å². The molecule has 47 heavy (non-hydrogen) atoms. The molecule has 0 saturated heterocycles. The van der Waals surface area contributed by atoms with Gasteiger partial charge >= 0.3 is 5.97 Å². The van der Waals surface area contributed by atoms with Gasteiger partial charge < -0.3 is 20.4 Å². The van der Waals surface area contributed by atoms with E-state index in [9.17, 15) is 9.90 Å². The van der Waals surface area contributed by atoms with Gasteiger partial charge in [-0.15, -0.1) is 0 Å². The van der Waals surface area contributed by atoms with E-state index in [1.165, 1.54) is 68.1 Å². The highest BCUT2D eigenvalue weighted by molar-refractivity contribution is 5.88. The zero-order chi connectivity index (χ0) is 33.8. The number of nitrogens with one attached hydrogen (secondary N) is 2. The molecule has 0 radical (unpaired) electrons. The second kappa shape index (κ2) is 12.7. The average molecular weight is 647 g/mol. The van der Waals surface area contributed by atoms with Gasteiger partial charge in [-0.05, 0) is 145 Å². The van der Waals surface area contributed by atoms with Gasteiger partial charge in [-0.2, -0.15) is 0 Å². The molecule has 4 N–H and O–H groups in total. The molecule has 0 heterocycles. The molecule has 6 heteroatoms. The minimum atomic E-state index is -0.865. The molecular formula is C41H62N2O4. The molecular weight excluding hydrogens is 584 g/mol. The van der Waals surface area contributed by atoms with E-state index >= 15 is 0 Å². The lowest BCUT2D eigenvalue weighted by Crippen LogP contribution is -2.65. The third-order valence-corrected chi connectivity index (χ3v) is 15.4. The molecule has 5 aliphatic rings. The van der Waals surface area contributed by atoms with E-state index in [1.54, 1.807) is 12.1 Å². The van der Waals surface area contributed by atoms with Crippen LogP contribution in [0.4, 0.5) is 0 Å². The molecule has 260 valence electrons. The van der Waals surface area contributed by atoms with Gasteiger partial charge in [-0.25, -0.2) is 10.3 Å². The second-order valence-corrected chi connectivity index (χ2v) is 17.6. The number of aromatic carboxylic acids is 1. The van der Waals surface area contributed by atoms with E-state index in [-0.39, 0.29) is 28.3 Å². The van der Waals surface area contributed by atoms with Crippen LogP contribution < -0.4 is 10.8 Å². The first-order chi connectivity index (χ1) is 22.2. The van der Waals surface area contributed by atoms with Gasteiger partial charge in [0.2, 0.25) is 0 Å². The molecule has 1 aromatic rings. The zero-order valence-electron chi connectivity index (χ0n) is 30.1. The molecule has 6 nitrogen and oxygen atoms in total. The standard InChI is InChI=1S/C41H62N2O4/c1-27(2)30-14-19-41(26-47-43-23-22-42-24-25-44)21-20-39(6)32(35(30)41)12-13-34-38(5)17-15-31(28-8-10-29(11-9-28)36(45)46)37(3,4)33(38)16-18-40(34,39)7/h8-11,15,30,32-35,42-44H,1,12-14,16-26H2,2-7H3,(H,45,46)/t30-,32?,33?,34?,35?,38-,39+,40+,41+/m0/s1. The first-order valence-electron chi connectivity index (χ1n) is 18.6. The van der Waals surface area contributed by atoms with Crippen LogP contribution in [0.15, 0.2) is 42.5 Å². The quantitative estimate of drug-likeness (QED) is 0.110. The summed E-state index contributed by atoms with van der Waals surface area (Å²) in [7, 11) is 0. The van der Waals surface area contributed by atoms with Gasteiger partial charge in [0.05, 0.1) is 18.8 Å². The van der Waals surface area contributed by atoms with Crippen LogP contribution in [-0.2, 0) is 4.84 Å². The van der Waals surface area contributed by atoms with E-state index in [4.69, 9.17) is 9.94 Å². The fourth-order valence-electron chi connectivity index (χ4n) is 13.0. The molecule has 4 saturated carbocycles. The maximum Gasteiger partial charge on any atom is 0.335 e. The predicted octanol–water partition coefficient (Wildman–Crippen LogP) is 8.14. The van der Waals surface area contributed by atoms with E-state index in [1.807, 2.05) is 12.1 Å². The van der Waals surface area contributed by atoms with Gasteiger partial charge in [-0.1, -0.05) is 65.0 Å². The maximum atomic E-state index is 11.5. The SMILES string of the molecule is C=C(C)[C@@H]1CC[C@]2(CONCCNCCO)CC[C@]3(C)C(CCC4[C@@]5(C)CC=C(c6ccc(C(=O)O)cc6)C(C)(C)C5CC[C@]43C)C12. The number of hydrogen-bond acceptors (Lipinski definition) is 5. The minimum Gasteiger partial charge on any atom is -0.478 e. The summed E-state index contributed by atoms with van der Waals surface area (Å²) in [5, 5.41) is 21.7. The van der Waals surface area contributed by atoms with Crippen molar-refractivity contribution in [3.05, 3.63) is 53.6 Å². The normalized spacial score (nSPS) is 40.4. The molecule has 0 aromatic heterocycles. The van der Waals surface area contributed by atoms with Gasteiger partial charge in [0.25, 0.3) is 0 Å². The van der Waals surface area contributed by atoms with Gasteiger partial charge in [0.1, 0.15) is 0 Å². The van der Waals surface area contributed by atoms with Crippen molar-refractivity contribution < 1.29 is 19.8 Å². The van der Waals surface area contributed by atoms with Crippen molar-refractivity contribution in [1.82, 2.24) is 10.8 Å². The summed E-state index contributed by atoms with van der Waals surface area (Å²) in [6.07, 6.45) is 13.8. The maximum absolute atomic E-state index is 11.5. The summed E-state index contributed by atoms with van der Waals surface area (Å²) < 4.78 is 0. The number of fused-ring (bicyclic) bond motifs is 7. The van der Waals surface area contributed by atoms with Crippen molar-refractivity contribution in [2.75, 3.05) is 32.8 Å². The highest BCUT2D eigenvalue weighted by Gasteiger charge is 2.70. The Balaban J connectivity index is 1.26. The molecule has 0 amide bonds. The highest BCUT2D eigenvalue weighted by atomic mass is 16.6. The lowest BCUT2D eigenvalue weighted by Gasteiger charge is -2.72. The van der Waals surface area contributed by atoms with Crippen molar-refractivity contribution in [2.45, 2.75) is 99.3 Å². The summed E-state index contributed by atoms with van der Waals surface area (Å²) in [5.41, 5.74) is 8.60. The Bertz CT molecular complexity index is 1370. The van der Waals surface area contributed by atoms with Gasteiger partial charge in [0.15, 0.2) is 0 Å². The lowest BCUT2D eigenvalue weighted by molar-refractivity contribution is -0.231. The third kappa shape index (κ3) is 5.48. The Kier molecular flexibility index (Phi) is 9.43. The molecule has 5 aliphatic carbocycles. The van der Waals surface area contributed by atoms with Crippen LogP contribution in [0, 0.1) is 56.7 Å². The first kappa shape index (κ1) is 34.9. The number of carbonyl (C=O) groups is 1. The summed E-state index contributed by atoms with van der Waals surface area (Å²) >= 11 is 0. The lowest BCUT2D eigenvalue weighted by atomic mass is 9.32. The number of allylic oxidation sites excluding steroid dienone is 3. The molecule has 0 aliphatic heterocycles. The number of aliphatic hydroxyl groups excluding tert-OH is 1. The van der Waals surface area contributed by atoms with Crippen LogP contribution in [0.2, 0.25) is 0 Å². The van der Waals surface area contributed by atoms with Crippen molar-refractivity contribution in [2.24, 2.45) is 56.7 Å². The van der Waals surface area contributed by atoms with Crippen LogP contribution in [0.1, 0.15) is 115 Å². The predicted molar refractivity (Wildman–Crippen MR) is 190 cm³/mol. The third-order valence-electron chi connectivity index (χ3n) is 15.4. The number of carboxylic acids is 1. The van der Waals surface area contributed by atoms with Crippen LogP contribution in [0.25, 0.3) is 5.57 Å². The number of benzene rings is 1. The molecule has 6 rings (SSSR count). The summed E-state index contributed by atoms with van der Waals surface area (Å²) in [6, 6.07) is 7.59. The van der Waals surface area contributed by atoms with Gasteiger partial charge in [-0.3, -0.25) is 0 Å². The summed E-state index contributed by atoms with van der Waals surface area (Å²) in [5.74, 6) is 2.30. The van der Waals surface area contributed by atoms with Crippen LogP contribution >= 0.6 is 0 Å². The molecule has 9 atom stereocenters. The monoisotopic (exact) mass is 646 g/mol. The Labute approximate surface area is 284 Å². The largest absolute Gasteiger partial charge is 0.478 e. The number of hydrogen-bond donors (Lipinski definition) is 4. The van der Waals surface area contributed by atoms with Crippen LogP contribution in [-0.4, -0.2) is 49.0 Å². The Hall–Kier alpha value is -1.99. The molecule has 4 fully saturated rings. The first-order valence-corrected chi connectivity index (χ1v) is 18.6. The van der Waals surface area contributed by atoms with E-state index < -0.39 is 5.97 Å². The fourth-order valence-corrected chi connectivity index (χ4v) is 13.0. The Morgan fingerprint density at radius 1 is 0.915 bits per heavy atom. The van der Waals surface area contributed by atoms with Crippen LogP contribution in [0.3, 0.4) is 0 Å². The van der Waals surface area contributed by atoms with E-state index in [2.05, 4.69) is 65.0 Å². The average Bonchev–Trinajstić information content (AvgIpc) is 3.41. The van der Waals surface area contributed by atoms with E-state index in [0.29, 0.717) is 47.1 Å². The topological polar surface area (TPSA) is 90.8 Å². The van der Waals surface area contributed by atoms with Crippen molar-refractivity contribution in [3.63, 3.8) is 0 Å². The zero-order valence-corrected chi connectivity index (χ0v) is 30.1.